The maximum absolute atomic E-state index is 12.1. The minimum Gasteiger partial charge on any atom is -0.489 e. The van der Waals surface area contributed by atoms with E-state index in [9.17, 15) is 9.90 Å². The van der Waals surface area contributed by atoms with E-state index in [0.29, 0.717) is 18.1 Å². The van der Waals surface area contributed by atoms with Crippen molar-refractivity contribution in [2.45, 2.75) is 81.1 Å². The van der Waals surface area contributed by atoms with Crippen molar-refractivity contribution in [3.8, 4) is 5.75 Å². The molecule has 0 spiro atoms. The van der Waals surface area contributed by atoms with Crippen LogP contribution >= 0.6 is 23.4 Å². The lowest BCUT2D eigenvalue weighted by Gasteiger charge is -2.25. The van der Waals surface area contributed by atoms with Gasteiger partial charge in [-0.15, -0.1) is 0 Å². The molecule has 0 saturated heterocycles. The van der Waals surface area contributed by atoms with Gasteiger partial charge in [-0.2, -0.15) is 0 Å². The van der Waals surface area contributed by atoms with E-state index in [4.69, 9.17) is 21.1 Å². The molecule has 0 aromatic heterocycles. The predicted molar refractivity (Wildman–Crippen MR) is 151 cm³/mol. The van der Waals surface area contributed by atoms with Crippen LogP contribution in [0, 0.1) is 0 Å². The van der Waals surface area contributed by atoms with Crippen LogP contribution in [0.5, 0.6) is 5.75 Å². The zero-order chi connectivity index (χ0) is 26.8. The Bertz CT molecular complexity index is 1150. The van der Waals surface area contributed by atoms with Gasteiger partial charge in [0.05, 0.1) is 12.1 Å². The molecule has 5 nitrogen and oxygen atoms in total. The van der Waals surface area contributed by atoms with E-state index >= 15 is 0 Å². The summed E-state index contributed by atoms with van der Waals surface area (Å²) >= 11 is 8.23. The Labute approximate surface area is 229 Å². The van der Waals surface area contributed by atoms with Gasteiger partial charge < -0.3 is 19.9 Å². The number of rotatable bonds is 11. The molecule has 0 aliphatic rings. The lowest BCUT2D eigenvalue weighted by Crippen LogP contribution is -2.44. The van der Waals surface area contributed by atoms with Crippen LogP contribution in [0.25, 0.3) is 0 Å². The molecule has 0 aliphatic carbocycles. The van der Waals surface area contributed by atoms with Gasteiger partial charge in [-0.05, 0) is 88.4 Å². The maximum atomic E-state index is 12.1. The van der Waals surface area contributed by atoms with Gasteiger partial charge in [0.1, 0.15) is 18.0 Å². The lowest BCUT2D eigenvalue weighted by atomic mass is 10.0. The van der Waals surface area contributed by atoms with E-state index in [2.05, 4.69) is 17.4 Å². The minimum atomic E-state index is -0.686. The van der Waals surface area contributed by atoms with Crippen LogP contribution in [-0.2, 0) is 17.8 Å². The Kier molecular flexibility index (Phi) is 10.7. The molecule has 2 unspecified atom stereocenters. The van der Waals surface area contributed by atoms with Gasteiger partial charge in [0, 0.05) is 14.8 Å². The van der Waals surface area contributed by atoms with Crippen LogP contribution in [0.2, 0.25) is 5.02 Å². The summed E-state index contributed by atoms with van der Waals surface area (Å²) in [4.78, 5) is 14.2. The molecular weight excluding hydrogens is 506 g/mol. The number of halogens is 1. The number of carbonyl (C=O) groups is 1. The molecule has 0 bridgehead atoms. The van der Waals surface area contributed by atoms with Crippen LogP contribution < -0.4 is 10.1 Å². The van der Waals surface area contributed by atoms with Gasteiger partial charge in [0.15, 0.2) is 0 Å². The number of ether oxygens (including phenoxy) is 2. The Hall–Kier alpha value is -2.67. The summed E-state index contributed by atoms with van der Waals surface area (Å²) < 4.78 is 11.3. The summed E-state index contributed by atoms with van der Waals surface area (Å²) in [6.45, 7) is 7.63. The second kappa shape index (κ2) is 13.8. The molecule has 0 radical (unpaired) electrons. The van der Waals surface area contributed by atoms with Crippen molar-refractivity contribution in [1.82, 2.24) is 5.32 Å². The fraction of sp³-hybridized carbons (Fsp3) is 0.367. The molecule has 3 aromatic rings. The van der Waals surface area contributed by atoms with Gasteiger partial charge in [0.25, 0.3) is 0 Å². The van der Waals surface area contributed by atoms with Gasteiger partial charge >= 0.3 is 6.09 Å². The fourth-order valence-electron chi connectivity index (χ4n) is 3.70. The van der Waals surface area contributed by atoms with E-state index in [1.807, 2.05) is 81.4 Å². The standard InChI is InChI=1S/C30H36ClNO4S/c1-21(33)28(32-29(34)36-30(2,3)4)15-8-12-23-16-17-26(19-27(23)31)37-25-14-9-13-24(18-25)35-20-22-10-6-5-7-11-22/h5-7,9-11,13-14,16-19,21,28,33H,8,12,15,20H2,1-4H3,(H,32,34). The number of aryl methyl sites for hydroxylation is 1. The average molecular weight is 542 g/mol. The van der Waals surface area contributed by atoms with E-state index in [1.54, 1.807) is 18.7 Å². The highest BCUT2D eigenvalue weighted by Gasteiger charge is 2.22. The minimum absolute atomic E-state index is 0.389. The smallest absolute Gasteiger partial charge is 0.407 e. The number of nitrogens with one attached hydrogen (secondary N) is 1. The second-order valence-electron chi connectivity index (χ2n) is 9.99. The average Bonchev–Trinajstić information content (AvgIpc) is 2.83. The molecule has 2 atom stereocenters. The van der Waals surface area contributed by atoms with Crippen LogP contribution in [0.3, 0.4) is 0 Å². The summed E-state index contributed by atoms with van der Waals surface area (Å²) in [6, 6.07) is 23.8. The first-order valence-electron chi connectivity index (χ1n) is 12.5. The highest BCUT2D eigenvalue weighted by Crippen LogP contribution is 2.33. The van der Waals surface area contributed by atoms with Gasteiger partial charge in [-0.25, -0.2) is 4.79 Å². The SMILES string of the molecule is CC(O)C(CCCc1ccc(Sc2cccc(OCc3ccccc3)c2)cc1Cl)NC(=O)OC(C)(C)C. The Morgan fingerprint density at radius 2 is 1.76 bits per heavy atom. The third-order valence-electron chi connectivity index (χ3n) is 5.56. The molecule has 2 N–H and O–H groups in total. The van der Waals surface area contributed by atoms with Crippen LogP contribution in [0.4, 0.5) is 4.79 Å². The monoisotopic (exact) mass is 541 g/mol. The molecule has 0 aliphatic heterocycles. The van der Waals surface area contributed by atoms with Crippen molar-refractivity contribution in [2.24, 2.45) is 0 Å². The largest absolute Gasteiger partial charge is 0.489 e. The molecule has 37 heavy (non-hydrogen) atoms. The zero-order valence-corrected chi connectivity index (χ0v) is 23.4. The molecule has 0 fully saturated rings. The van der Waals surface area contributed by atoms with Crippen molar-refractivity contribution < 1.29 is 19.4 Å². The fourth-order valence-corrected chi connectivity index (χ4v) is 4.95. The molecule has 3 rings (SSSR count). The summed E-state index contributed by atoms with van der Waals surface area (Å²) in [7, 11) is 0. The lowest BCUT2D eigenvalue weighted by molar-refractivity contribution is 0.0429. The summed E-state index contributed by atoms with van der Waals surface area (Å²) in [6.07, 6.45) is 0.908. The van der Waals surface area contributed by atoms with Gasteiger partial charge in [-0.1, -0.05) is 65.8 Å². The molecule has 1 amide bonds. The predicted octanol–water partition coefficient (Wildman–Crippen LogP) is 7.67. The summed E-state index contributed by atoms with van der Waals surface area (Å²) in [5, 5.41) is 13.6. The number of amides is 1. The number of alkyl carbamates (subject to hydrolysis) is 1. The number of aliphatic hydroxyl groups is 1. The topological polar surface area (TPSA) is 67.8 Å². The number of benzene rings is 3. The van der Waals surface area contributed by atoms with E-state index in [1.165, 1.54) is 0 Å². The van der Waals surface area contributed by atoms with E-state index < -0.39 is 17.8 Å². The van der Waals surface area contributed by atoms with Crippen molar-refractivity contribution >= 4 is 29.5 Å². The number of hydrogen-bond acceptors (Lipinski definition) is 5. The van der Waals surface area contributed by atoms with Gasteiger partial charge in [0.2, 0.25) is 0 Å². The molecule has 198 valence electrons. The summed E-state index contributed by atoms with van der Waals surface area (Å²) in [5.41, 5.74) is 1.58. The third-order valence-corrected chi connectivity index (χ3v) is 6.89. The van der Waals surface area contributed by atoms with Crippen molar-refractivity contribution in [3.63, 3.8) is 0 Å². The first-order valence-corrected chi connectivity index (χ1v) is 13.7. The third kappa shape index (κ3) is 10.3. The van der Waals surface area contributed by atoms with Crippen molar-refractivity contribution in [3.05, 3.63) is 88.9 Å². The first-order chi connectivity index (χ1) is 17.6. The molecule has 0 heterocycles. The van der Waals surface area contributed by atoms with Crippen molar-refractivity contribution in [2.75, 3.05) is 0 Å². The molecule has 7 heteroatoms. The molecular formula is C30H36ClNO4S. The highest BCUT2D eigenvalue weighted by molar-refractivity contribution is 7.99. The van der Waals surface area contributed by atoms with Crippen LogP contribution in [-0.4, -0.2) is 28.9 Å². The van der Waals surface area contributed by atoms with E-state index in [0.717, 1.165) is 39.5 Å². The van der Waals surface area contributed by atoms with Crippen molar-refractivity contribution in [1.29, 1.82) is 0 Å². The number of aliphatic hydroxyl groups excluding tert-OH is 1. The van der Waals surface area contributed by atoms with Gasteiger partial charge in [-0.3, -0.25) is 0 Å². The van der Waals surface area contributed by atoms with E-state index in [-0.39, 0.29) is 6.04 Å². The number of carbonyl (C=O) groups excluding carboxylic acids is 1. The number of hydrogen-bond donors (Lipinski definition) is 2. The Morgan fingerprint density at radius 3 is 2.43 bits per heavy atom. The van der Waals surface area contributed by atoms with Crippen LogP contribution in [0.1, 0.15) is 51.7 Å². The zero-order valence-electron chi connectivity index (χ0n) is 21.9. The second-order valence-corrected chi connectivity index (χ2v) is 11.5. The quantitative estimate of drug-likeness (QED) is 0.261. The molecule has 0 saturated carbocycles. The summed E-state index contributed by atoms with van der Waals surface area (Å²) in [5.74, 6) is 0.823. The Morgan fingerprint density at radius 1 is 1.03 bits per heavy atom. The highest BCUT2D eigenvalue weighted by atomic mass is 35.5. The first kappa shape index (κ1) is 28.9. The van der Waals surface area contributed by atoms with Crippen LogP contribution in [0.15, 0.2) is 82.6 Å². The Balaban J connectivity index is 1.52. The normalized spacial score (nSPS) is 13.0. The maximum Gasteiger partial charge on any atom is 0.407 e. The molecule has 3 aromatic carbocycles.